The van der Waals surface area contributed by atoms with Gasteiger partial charge in [0.05, 0.1) is 6.10 Å². The summed E-state index contributed by atoms with van der Waals surface area (Å²) in [4.78, 5) is 2.50. The van der Waals surface area contributed by atoms with Gasteiger partial charge in [0.25, 0.3) is 0 Å². The minimum absolute atomic E-state index is 0.118. The topological polar surface area (TPSA) is 23.5 Å². The average Bonchev–Trinajstić information content (AvgIpc) is 2.61. The van der Waals surface area contributed by atoms with E-state index in [0.717, 1.165) is 25.8 Å². The Labute approximate surface area is 111 Å². The van der Waals surface area contributed by atoms with Gasteiger partial charge in [-0.15, -0.1) is 0 Å². The molecular formula is C16H25NO. The van der Waals surface area contributed by atoms with Crippen molar-refractivity contribution in [2.75, 3.05) is 18.0 Å². The molecule has 1 N–H and O–H groups in total. The van der Waals surface area contributed by atoms with Crippen molar-refractivity contribution in [1.29, 1.82) is 0 Å². The Morgan fingerprint density at radius 1 is 1.28 bits per heavy atom. The number of para-hydroxylation sites is 1. The van der Waals surface area contributed by atoms with E-state index in [-0.39, 0.29) is 6.10 Å². The Balaban J connectivity index is 1.95. The fraction of sp³-hybridized carbons (Fsp3) is 0.625. The van der Waals surface area contributed by atoms with E-state index in [9.17, 15) is 5.11 Å². The molecule has 0 aliphatic carbocycles. The van der Waals surface area contributed by atoms with Crippen molar-refractivity contribution < 1.29 is 5.11 Å². The van der Waals surface area contributed by atoms with Crippen molar-refractivity contribution in [3.8, 4) is 0 Å². The van der Waals surface area contributed by atoms with Gasteiger partial charge in [-0.1, -0.05) is 25.1 Å². The maximum Gasteiger partial charge on any atom is 0.0538 e. The number of aryl methyl sites for hydroxylation is 1. The molecule has 0 aromatic heterocycles. The van der Waals surface area contributed by atoms with Gasteiger partial charge < -0.3 is 10.0 Å². The van der Waals surface area contributed by atoms with E-state index in [1.54, 1.807) is 0 Å². The first kappa shape index (κ1) is 13.4. The van der Waals surface area contributed by atoms with E-state index < -0.39 is 0 Å². The molecule has 1 aliphatic heterocycles. The van der Waals surface area contributed by atoms with Crippen LogP contribution in [0.3, 0.4) is 0 Å². The number of hydrogen-bond donors (Lipinski definition) is 1. The molecule has 1 aromatic rings. The summed E-state index contributed by atoms with van der Waals surface area (Å²) in [7, 11) is 0. The number of aliphatic hydroxyl groups excluding tert-OH is 1. The lowest BCUT2D eigenvalue weighted by Gasteiger charge is -2.25. The summed E-state index contributed by atoms with van der Waals surface area (Å²) >= 11 is 0. The van der Waals surface area contributed by atoms with Crippen LogP contribution < -0.4 is 4.90 Å². The molecule has 2 rings (SSSR count). The van der Waals surface area contributed by atoms with Crippen molar-refractivity contribution in [2.45, 2.75) is 51.6 Å². The van der Waals surface area contributed by atoms with E-state index in [0.29, 0.717) is 0 Å². The van der Waals surface area contributed by atoms with Crippen LogP contribution in [0.2, 0.25) is 0 Å². The van der Waals surface area contributed by atoms with Gasteiger partial charge in [-0.05, 0) is 50.2 Å². The van der Waals surface area contributed by atoms with E-state index in [1.165, 1.54) is 37.1 Å². The second-order valence-corrected chi connectivity index (χ2v) is 5.28. The number of aliphatic hydroxyl groups is 1. The number of hydrogen-bond acceptors (Lipinski definition) is 2. The van der Waals surface area contributed by atoms with E-state index in [2.05, 4.69) is 29.2 Å². The van der Waals surface area contributed by atoms with Gasteiger partial charge >= 0.3 is 0 Å². The molecular weight excluding hydrogens is 222 g/mol. The maximum atomic E-state index is 9.62. The standard InChI is InChI=1S/C16H25NO/c1-2-15(18)10-7-13-17-12-6-5-9-14-8-3-4-11-16(14)17/h3-4,8,11,15,18H,2,5-7,9-10,12-13H2,1H3. The maximum absolute atomic E-state index is 9.62. The summed E-state index contributed by atoms with van der Waals surface area (Å²) in [6.45, 7) is 4.29. The zero-order valence-electron chi connectivity index (χ0n) is 11.4. The molecule has 1 unspecified atom stereocenters. The van der Waals surface area contributed by atoms with Crippen LogP contribution in [0.4, 0.5) is 5.69 Å². The highest BCUT2D eigenvalue weighted by atomic mass is 16.3. The van der Waals surface area contributed by atoms with Crippen LogP contribution in [-0.4, -0.2) is 24.3 Å². The number of anilines is 1. The molecule has 0 spiro atoms. The molecule has 0 radical (unpaired) electrons. The van der Waals surface area contributed by atoms with Crippen LogP contribution >= 0.6 is 0 Å². The van der Waals surface area contributed by atoms with Gasteiger partial charge in [-0.25, -0.2) is 0 Å². The Morgan fingerprint density at radius 2 is 2.11 bits per heavy atom. The molecule has 2 nitrogen and oxygen atoms in total. The average molecular weight is 247 g/mol. The predicted molar refractivity (Wildman–Crippen MR) is 77.1 cm³/mol. The van der Waals surface area contributed by atoms with Crippen molar-refractivity contribution in [3.63, 3.8) is 0 Å². The Kier molecular flexibility index (Phi) is 5.06. The lowest BCUT2D eigenvalue weighted by Crippen LogP contribution is -2.26. The van der Waals surface area contributed by atoms with Crippen molar-refractivity contribution in [1.82, 2.24) is 0 Å². The first-order valence-electron chi connectivity index (χ1n) is 7.32. The van der Waals surface area contributed by atoms with Crippen LogP contribution in [0.15, 0.2) is 24.3 Å². The Morgan fingerprint density at radius 3 is 2.94 bits per heavy atom. The first-order chi connectivity index (χ1) is 8.81. The monoisotopic (exact) mass is 247 g/mol. The van der Waals surface area contributed by atoms with E-state index in [4.69, 9.17) is 0 Å². The fourth-order valence-corrected chi connectivity index (χ4v) is 2.72. The molecule has 1 aliphatic rings. The van der Waals surface area contributed by atoms with Crippen LogP contribution in [0.25, 0.3) is 0 Å². The third-order valence-corrected chi connectivity index (χ3v) is 3.89. The molecule has 0 bridgehead atoms. The van der Waals surface area contributed by atoms with Crippen molar-refractivity contribution >= 4 is 5.69 Å². The molecule has 1 heterocycles. The molecule has 2 heteroatoms. The van der Waals surface area contributed by atoms with Crippen LogP contribution in [-0.2, 0) is 6.42 Å². The van der Waals surface area contributed by atoms with E-state index in [1.807, 2.05) is 6.92 Å². The lowest BCUT2D eigenvalue weighted by atomic mass is 10.1. The molecule has 0 saturated carbocycles. The quantitative estimate of drug-likeness (QED) is 0.862. The number of rotatable bonds is 5. The van der Waals surface area contributed by atoms with Gasteiger partial charge in [0.2, 0.25) is 0 Å². The Hall–Kier alpha value is -1.02. The van der Waals surface area contributed by atoms with Gasteiger partial charge in [0, 0.05) is 18.8 Å². The Bertz CT molecular complexity index is 364. The minimum Gasteiger partial charge on any atom is -0.393 e. The van der Waals surface area contributed by atoms with Gasteiger partial charge in [0.15, 0.2) is 0 Å². The molecule has 1 atom stereocenters. The van der Waals surface area contributed by atoms with Crippen LogP contribution in [0.1, 0.15) is 44.6 Å². The first-order valence-corrected chi connectivity index (χ1v) is 7.32. The van der Waals surface area contributed by atoms with Gasteiger partial charge in [0.1, 0.15) is 0 Å². The van der Waals surface area contributed by atoms with Crippen molar-refractivity contribution in [3.05, 3.63) is 29.8 Å². The SMILES string of the molecule is CCC(O)CCCN1CCCCc2ccccc21. The van der Waals surface area contributed by atoms with Gasteiger partial charge in [-0.3, -0.25) is 0 Å². The van der Waals surface area contributed by atoms with Crippen LogP contribution in [0.5, 0.6) is 0 Å². The second kappa shape index (κ2) is 6.79. The minimum atomic E-state index is -0.118. The lowest BCUT2D eigenvalue weighted by molar-refractivity contribution is 0.158. The highest BCUT2D eigenvalue weighted by Gasteiger charge is 2.14. The second-order valence-electron chi connectivity index (χ2n) is 5.28. The number of benzene rings is 1. The smallest absolute Gasteiger partial charge is 0.0538 e. The fourth-order valence-electron chi connectivity index (χ4n) is 2.72. The molecule has 100 valence electrons. The third-order valence-electron chi connectivity index (χ3n) is 3.89. The summed E-state index contributed by atoms with van der Waals surface area (Å²) < 4.78 is 0. The van der Waals surface area contributed by atoms with Gasteiger partial charge in [-0.2, -0.15) is 0 Å². The van der Waals surface area contributed by atoms with Crippen molar-refractivity contribution in [2.24, 2.45) is 0 Å². The number of fused-ring (bicyclic) bond motifs is 1. The molecule has 18 heavy (non-hydrogen) atoms. The number of nitrogens with zero attached hydrogens (tertiary/aromatic N) is 1. The molecule has 0 amide bonds. The summed E-state index contributed by atoms with van der Waals surface area (Å²) in [5, 5.41) is 9.62. The largest absolute Gasteiger partial charge is 0.393 e. The molecule has 0 fully saturated rings. The summed E-state index contributed by atoms with van der Waals surface area (Å²) in [6.07, 6.45) is 6.56. The summed E-state index contributed by atoms with van der Waals surface area (Å²) in [5.41, 5.74) is 2.91. The normalized spacial score (nSPS) is 17.1. The third kappa shape index (κ3) is 3.49. The summed E-state index contributed by atoms with van der Waals surface area (Å²) in [5.74, 6) is 0. The molecule has 1 aromatic carbocycles. The summed E-state index contributed by atoms with van der Waals surface area (Å²) in [6, 6.07) is 8.78. The zero-order valence-corrected chi connectivity index (χ0v) is 11.4. The highest BCUT2D eigenvalue weighted by molar-refractivity contribution is 5.54. The highest BCUT2D eigenvalue weighted by Crippen LogP contribution is 2.26. The van der Waals surface area contributed by atoms with Crippen LogP contribution in [0, 0.1) is 0 Å². The zero-order chi connectivity index (χ0) is 12.8. The van der Waals surface area contributed by atoms with E-state index >= 15 is 0 Å². The predicted octanol–water partition coefficient (Wildman–Crippen LogP) is 3.38. The molecule has 0 saturated heterocycles.